The van der Waals surface area contributed by atoms with Crippen LogP contribution in [0.3, 0.4) is 0 Å². The minimum Gasteiger partial charge on any atom is -0.492 e. The normalized spacial score (nSPS) is 12.2. The van der Waals surface area contributed by atoms with Crippen LogP contribution in [0.15, 0.2) is 78.0 Å². The Bertz CT molecular complexity index is 1510. The Balaban J connectivity index is 1.95. The minimum atomic E-state index is -0.978. The van der Waals surface area contributed by atoms with Gasteiger partial charge in [0, 0.05) is 22.3 Å². The number of fused-ring (bicyclic) bond motifs is 1. The van der Waals surface area contributed by atoms with E-state index < -0.39 is 5.97 Å². The van der Waals surface area contributed by atoms with Gasteiger partial charge in [0.1, 0.15) is 11.5 Å². The van der Waals surface area contributed by atoms with Gasteiger partial charge < -0.3 is 15.1 Å². The number of aryl methyl sites for hydroxylation is 1. The van der Waals surface area contributed by atoms with Crippen LogP contribution < -0.4 is 4.74 Å². The lowest BCUT2D eigenvalue weighted by atomic mass is 9.81. The van der Waals surface area contributed by atoms with Gasteiger partial charge in [-0.3, -0.25) is 0 Å². The van der Waals surface area contributed by atoms with Gasteiger partial charge in [-0.1, -0.05) is 93.9 Å². The van der Waals surface area contributed by atoms with Crippen molar-refractivity contribution in [3.63, 3.8) is 0 Å². The molecule has 5 nitrogen and oxygen atoms in total. The molecule has 0 atom stereocenters. The molecule has 0 heterocycles. The van der Waals surface area contributed by atoms with Crippen molar-refractivity contribution >= 4 is 22.5 Å². The summed E-state index contributed by atoms with van der Waals surface area (Å²) in [6.07, 6.45) is 0. The first kappa shape index (κ1) is 26.9. The van der Waals surface area contributed by atoms with Crippen molar-refractivity contribution in [2.45, 2.75) is 47.0 Å². The average molecular weight is 510 g/mol. The van der Waals surface area contributed by atoms with Crippen molar-refractivity contribution in [3.8, 4) is 16.9 Å². The van der Waals surface area contributed by atoms with E-state index >= 15 is 0 Å². The quantitative estimate of drug-likeness (QED) is 0.150. The fourth-order valence-electron chi connectivity index (χ4n) is 4.58. The summed E-state index contributed by atoms with van der Waals surface area (Å²) >= 11 is 0. The minimum absolute atomic E-state index is 0.236. The molecule has 0 fully saturated rings. The summed E-state index contributed by atoms with van der Waals surface area (Å²) < 4.78 is 6.45. The van der Waals surface area contributed by atoms with Crippen LogP contribution in [0.2, 0.25) is 0 Å². The van der Waals surface area contributed by atoms with Crippen molar-refractivity contribution in [1.82, 2.24) is 0 Å². The maximum absolute atomic E-state index is 11.7. The molecule has 4 aromatic carbocycles. The van der Waals surface area contributed by atoms with E-state index in [0.717, 1.165) is 33.4 Å². The second-order valence-corrected chi connectivity index (χ2v) is 11.2. The molecular formula is C33H35NO4. The zero-order chi connectivity index (χ0) is 27.6. The average Bonchev–Trinajstić information content (AvgIpc) is 2.87. The molecule has 196 valence electrons. The third-order valence-corrected chi connectivity index (χ3v) is 6.58. The van der Waals surface area contributed by atoms with Crippen LogP contribution >= 0.6 is 0 Å². The first-order valence-electron chi connectivity index (χ1n) is 12.9. The zero-order valence-electron chi connectivity index (χ0n) is 22.9. The van der Waals surface area contributed by atoms with Gasteiger partial charge in [-0.15, -0.1) is 0 Å². The molecule has 0 amide bonds. The number of oxime groups is 1. The van der Waals surface area contributed by atoms with E-state index in [-0.39, 0.29) is 11.0 Å². The van der Waals surface area contributed by atoms with Gasteiger partial charge in [0.25, 0.3) is 0 Å². The highest BCUT2D eigenvalue weighted by atomic mass is 16.5. The topological polar surface area (TPSA) is 79.1 Å². The van der Waals surface area contributed by atoms with Crippen LogP contribution in [0.25, 0.3) is 21.9 Å². The lowest BCUT2D eigenvalue weighted by Gasteiger charge is -2.27. The van der Waals surface area contributed by atoms with Crippen molar-refractivity contribution < 1.29 is 19.8 Å². The summed E-state index contributed by atoms with van der Waals surface area (Å²) in [4.78, 5) is 11.7. The summed E-state index contributed by atoms with van der Waals surface area (Å²) in [5, 5.41) is 24.9. The molecule has 2 N–H and O–H groups in total. The molecule has 0 aliphatic heterocycles. The number of nitrogens with zero attached hydrogens (tertiary/aromatic N) is 1. The van der Waals surface area contributed by atoms with Gasteiger partial charge in [-0.2, -0.15) is 0 Å². The van der Waals surface area contributed by atoms with E-state index in [2.05, 4.69) is 71.0 Å². The first-order chi connectivity index (χ1) is 18.0. The largest absolute Gasteiger partial charge is 0.492 e. The Morgan fingerprint density at radius 3 is 2.26 bits per heavy atom. The standard InChI is InChI=1S/C33H35NO4/c1-20(2)19-38-31-28(22-12-10-21(3)11-13-22)17-25(18-29(31)33(4,5)6)30(34-37)24-14-15-26-23(16-24)8-7-9-27(26)32(35)36/h7-18,20,37H,19H2,1-6H3,(H,35,36)/b34-30+. The van der Waals surface area contributed by atoms with E-state index in [4.69, 9.17) is 4.74 Å². The van der Waals surface area contributed by atoms with Crippen LogP contribution in [0.4, 0.5) is 0 Å². The number of ether oxygens (including phenoxy) is 1. The van der Waals surface area contributed by atoms with Crippen LogP contribution in [-0.4, -0.2) is 28.6 Å². The van der Waals surface area contributed by atoms with Gasteiger partial charge in [0.2, 0.25) is 0 Å². The molecule has 4 rings (SSSR count). The molecule has 0 bridgehead atoms. The molecule has 38 heavy (non-hydrogen) atoms. The van der Waals surface area contributed by atoms with Gasteiger partial charge in [-0.25, -0.2) is 4.79 Å². The van der Waals surface area contributed by atoms with Gasteiger partial charge in [0.05, 0.1) is 12.2 Å². The lowest BCUT2D eigenvalue weighted by molar-refractivity contribution is 0.0699. The van der Waals surface area contributed by atoms with Crippen LogP contribution in [-0.2, 0) is 5.41 Å². The van der Waals surface area contributed by atoms with Crippen molar-refractivity contribution in [1.29, 1.82) is 0 Å². The lowest BCUT2D eigenvalue weighted by Crippen LogP contribution is -2.18. The van der Waals surface area contributed by atoms with E-state index in [1.807, 2.05) is 24.3 Å². The van der Waals surface area contributed by atoms with Crippen molar-refractivity contribution in [2.24, 2.45) is 11.1 Å². The summed E-state index contributed by atoms with van der Waals surface area (Å²) in [5.74, 6) is 0.214. The molecule has 0 aromatic heterocycles. The zero-order valence-corrected chi connectivity index (χ0v) is 22.9. The maximum atomic E-state index is 11.7. The van der Waals surface area contributed by atoms with Crippen molar-refractivity contribution in [2.75, 3.05) is 6.61 Å². The smallest absolute Gasteiger partial charge is 0.336 e. The second-order valence-electron chi connectivity index (χ2n) is 11.2. The number of rotatable bonds is 7. The third-order valence-electron chi connectivity index (χ3n) is 6.58. The van der Waals surface area contributed by atoms with Gasteiger partial charge >= 0.3 is 5.97 Å². The number of carboxylic acid groups (broad SMARTS) is 1. The van der Waals surface area contributed by atoms with E-state index in [9.17, 15) is 15.1 Å². The Morgan fingerprint density at radius 1 is 0.947 bits per heavy atom. The molecule has 0 unspecified atom stereocenters. The van der Waals surface area contributed by atoms with Gasteiger partial charge in [0.15, 0.2) is 0 Å². The van der Waals surface area contributed by atoms with E-state index in [1.54, 1.807) is 24.3 Å². The number of carboxylic acids is 1. The SMILES string of the molecule is Cc1ccc(-c2cc(/C(=N/O)c3ccc4c(C(=O)O)cccc4c3)cc(C(C)(C)C)c2OCC(C)C)cc1. The maximum Gasteiger partial charge on any atom is 0.336 e. The van der Waals surface area contributed by atoms with Crippen LogP contribution in [0.5, 0.6) is 5.75 Å². The first-order valence-corrected chi connectivity index (χ1v) is 12.9. The fourth-order valence-corrected chi connectivity index (χ4v) is 4.58. The molecule has 0 saturated heterocycles. The molecule has 0 aliphatic rings. The highest BCUT2D eigenvalue weighted by Gasteiger charge is 2.26. The number of benzene rings is 4. The predicted molar refractivity (Wildman–Crippen MR) is 154 cm³/mol. The van der Waals surface area contributed by atoms with Crippen LogP contribution in [0, 0.1) is 12.8 Å². The number of carbonyl (C=O) groups is 1. The summed E-state index contributed by atoms with van der Waals surface area (Å²) in [6, 6.07) is 23.0. The Kier molecular flexibility index (Phi) is 7.58. The Labute approximate surface area is 224 Å². The molecule has 0 spiro atoms. The number of aromatic carboxylic acids is 1. The van der Waals surface area contributed by atoms with E-state index in [1.165, 1.54) is 5.56 Å². The van der Waals surface area contributed by atoms with Crippen LogP contribution in [0.1, 0.15) is 67.2 Å². The third kappa shape index (κ3) is 5.57. The Hall–Kier alpha value is -4.12. The monoisotopic (exact) mass is 509 g/mol. The fraction of sp³-hybridized carbons (Fsp3) is 0.273. The highest BCUT2D eigenvalue weighted by molar-refractivity contribution is 6.15. The number of hydrogen-bond donors (Lipinski definition) is 2. The molecule has 0 radical (unpaired) electrons. The van der Waals surface area contributed by atoms with Gasteiger partial charge in [-0.05, 0) is 58.9 Å². The summed E-state index contributed by atoms with van der Waals surface area (Å²) in [7, 11) is 0. The highest BCUT2D eigenvalue weighted by Crippen LogP contribution is 2.41. The summed E-state index contributed by atoms with van der Waals surface area (Å²) in [5.41, 5.74) is 5.96. The molecular weight excluding hydrogens is 474 g/mol. The Morgan fingerprint density at radius 2 is 1.66 bits per heavy atom. The predicted octanol–water partition coefficient (Wildman–Crippen LogP) is 8.07. The number of hydrogen-bond acceptors (Lipinski definition) is 4. The molecule has 0 saturated carbocycles. The van der Waals surface area contributed by atoms with Crippen molar-refractivity contribution in [3.05, 3.63) is 101 Å². The molecule has 5 heteroatoms. The summed E-state index contributed by atoms with van der Waals surface area (Å²) in [6.45, 7) is 13.3. The molecule has 4 aromatic rings. The second kappa shape index (κ2) is 10.7. The van der Waals surface area contributed by atoms with E-state index in [0.29, 0.717) is 29.2 Å². The molecule has 0 aliphatic carbocycles.